The number of hydrogen-bond donors (Lipinski definition) is 0. The maximum absolute atomic E-state index is 6.06. The van der Waals surface area contributed by atoms with Gasteiger partial charge in [0.15, 0.2) is 5.79 Å². The maximum atomic E-state index is 6.06. The maximum Gasteiger partial charge on any atom is 0.163 e. The normalized spacial score (nSPS) is 14.3. The Morgan fingerprint density at radius 3 is 2.33 bits per heavy atom. The summed E-state index contributed by atoms with van der Waals surface area (Å²) in [6.45, 7) is 9.19. The van der Waals surface area contributed by atoms with Gasteiger partial charge in [-0.2, -0.15) is 0 Å². The fraction of sp³-hybridized carbons (Fsp3) is 0.867. The predicted octanol–water partition coefficient (Wildman–Crippen LogP) is 5.45. The Hall–Kier alpha value is 0.390. The monoisotopic (exact) mass is 368 g/mol. The first-order valence-corrected chi connectivity index (χ1v) is 8.39. The molecule has 0 radical (unpaired) electrons. The molecule has 0 aliphatic heterocycles. The van der Waals surface area contributed by atoms with E-state index in [2.05, 4.69) is 42.5 Å². The molecule has 0 amide bonds. The molecule has 108 valence electrons. The summed E-state index contributed by atoms with van der Waals surface area (Å²) >= 11 is 2.25. The van der Waals surface area contributed by atoms with Crippen molar-refractivity contribution in [1.82, 2.24) is 0 Å². The van der Waals surface area contributed by atoms with E-state index < -0.39 is 5.79 Å². The van der Waals surface area contributed by atoms with Crippen LogP contribution in [0.1, 0.15) is 66.2 Å². The molecule has 3 heteroatoms. The zero-order chi connectivity index (χ0) is 13.9. The molecule has 0 aliphatic carbocycles. The van der Waals surface area contributed by atoms with E-state index in [1.54, 1.807) is 0 Å². The van der Waals surface area contributed by atoms with E-state index in [1.807, 2.05) is 17.9 Å². The fourth-order valence-electron chi connectivity index (χ4n) is 1.73. The summed E-state index contributed by atoms with van der Waals surface area (Å²) in [5, 5.41) is 0. The molecule has 2 nitrogen and oxygen atoms in total. The second-order valence-electron chi connectivity index (χ2n) is 5.07. The Kier molecular flexibility index (Phi) is 11.5. The largest absolute Gasteiger partial charge is 0.350 e. The van der Waals surface area contributed by atoms with Crippen LogP contribution in [0.2, 0.25) is 0 Å². The number of rotatable bonds is 11. The summed E-state index contributed by atoms with van der Waals surface area (Å²) in [7, 11) is 0. The Morgan fingerprint density at radius 1 is 1.11 bits per heavy atom. The van der Waals surface area contributed by atoms with Crippen molar-refractivity contribution in [3.8, 4) is 0 Å². The molecule has 0 aromatic heterocycles. The quantitative estimate of drug-likeness (QED) is 0.274. The molecular weight excluding hydrogens is 339 g/mol. The van der Waals surface area contributed by atoms with Gasteiger partial charge in [0, 0.05) is 6.61 Å². The third-order valence-electron chi connectivity index (χ3n) is 2.76. The van der Waals surface area contributed by atoms with Gasteiger partial charge in [-0.1, -0.05) is 62.1 Å². The molecule has 0 N–H and O–H groups in total. The minimum atomic E-state index is -0.484. The zero-order valence-corrected chi connectivity index (χ0v) is 14.5. The van der Waals surface area contributed by atoms with Crippen LogP contribution in [0, 0.1) is 0 Å². The van der Waals surface area contributed by atoms with Crippen LogP contribution in [0.4, 0.5) is 0 Å². The van der Waals surface area contributed by atoms with Gasteiger partial charge in [0.2, 0.25) is 0 Å². The third kappa shape index (κ3) is 10.3. The van der Waals surface area contributed by atoms with Crippen molar-refractivity contribution in [2.75, 3.05) is 6.61 Å². The third-order valence-corrected chi connectivity index (χ3v) is 3.18. The average Bonchev–Trinajstić information content (AvgIpc) is 2.29. The molecule has 0 fully saturated rings. The Balaban J connectivity index is 4.10. The van der Waals surface area contributed by atoms with Gasteiger partial charge in [0.1, 0.15) is 0 Å². The highest BCUT2D eigenvalue weighted by Gasteiger charge is 2.22. The number of ether oxygens (including phenoxy) is 2. The van der Waals surface area contributed by atoms with E-state index in [-0.39, 0.29) is 6.10 Å². The van der Waals surface area contributed by atoms with Gasteiger partial charge < -0.3 is 9.47 Å². The first-order chi connectivity index (χ1) is 8.55. The van der Waals surface area contributed by atoms with Crippen molar-refractivity contribution in [1.29, 1.82) is 0 Å². The summed E-state index contributed by atoms with van der Waals surface area (Å²) in [4.78, 5) is 0. The summed E-state index contributed by atoms with van der Waals surface area (Å²) in [5.74, 6) is -0.484. The molecule has 0 saturated carbocycles. The van der Waals surface area contributed by atoms with Gasteiger partial charge in [-0.05, 0) is 36.8 Å². The topological polar surface area (TPSA) is 18.5 Å². The minimum Gasteiger partial charge on any atom is -0.350 e. The second-order valence-corrected chi connectivity index (χ2v) is 5.79. The van der Waals surface area contributed by atoms with Gasteiger partial charge in [0.05, 0.1) is 6.10 Å². The van der Waals surface area contributed by atoms with E-state index >= 15 is 0 Å². The van der Waals surface area contributed by atoms with Crippen LogP contribution < -0.4 is 0 Å². The average molecular weight is 368 g/mol. The Bertz CT molecular complexity index is 215. The Morgan fingerprint density at radius 2 is 1.78 bits per heavy atom. The molecule has 1 atom stereocenters. The van der Waals surface area contributed by atoms with E-state index in [0.717, 1.165) is 25.9 Å². The summed E-state index contributed by atoms with van der Waals surface area (Å²) in [5.41, 5.74) is 0. The molecule has 0 spiro atoms. The smallest absolute Gasteiger partial charge is 0.163 e. The first-order valence-electron chi connectivity index (χ1n) is 7.14. The van der Waals surface area contributed by atoms with Crippen molar-refractivity contribution in [2.24, 2.45) is 0 Å². The number of unbranched alkanes of at least 4 members (excludes halogenated alkanes) is 3. The van der Waals surface area contributed by atoms with Crippen LogP contribution in [-0.4, -0.2) is 18.5 Å². The lowest BCUT2D eigenvalue weighted by atomic mass is 10.1. The van der Waals surface area contributed by atoms with Gasteiger partial charge in [-0.15, -0.1) is 0 Å². The molecular formula is C15H29IO2. The van der Waals surface area contributed by atoms with Crippen molar-refractivity contribution >= 4 is 22.6 Å². The van der Waals surface area contributed by atoms with Crippen molar-refractivity contribution < 1.29 is 9.47 Å². The molecule has 0 aromatic carbocycles. The highest BCUT2D eigenvalue weighted by molar-refractivity contribution is 14.1. The minimum absolute atomic E-state index is 0.171. The standard InChI is InChI=1S/C15H29IO2/c1-5-7-9-10-14(11-12-16)18-15(3,4)17-13-8-6-2/h11-12,14H,5-10,13H2,1-4H3/b12-11-/t14-/m1/s1. The lowest BCUT2D eigenvalue weighted by Gasteiger charge is -2.29. The van der Waals surface area contributed by atoms with Crippen LogP contribution in [0.3, 0.4) is 0 Å². The molecule has 0 aromatic rings. The van der Waals surface area contributed by atoms with Crippen molar-refractivity contribution in [3.05, 3.63) is 10.2 Å². The van der Waals surface area contributed by atoms with Gasteiger partial charge >= 0.3 is 0 Å². The number of halogens is 1. The van der Waals surface area contributed by atoms with Crippen LogP contribution in [-0.2, 0) is 9.47 Å². The van der Waals surface area contributed by atoms with Gasteiger partial charge in [-0.3, -0.25) is 0 Å². The van der Waals surface area contributed by atoms with Gasteiger partial charge in [-0.25, -0.2) is 0 Å². The van der Waals surface area contributed by atoms with E-state index in [9.17, 15) is 0 Å². The zero-order valence-electron chi connectivity index (χ0n) is 12.4. The van der Waals surface area contributed by atoms with Crippen molar-refractivity contribution in [2.45, 2.75) is 78.1 Å². The molecule has 0 saturated heterocycles. The highest BCUT2D eigenvalue weighted by Crippen LogP contribution is 2.19. The summed E-state index contributed by atoms with van der Waals surface area (Å²) in [6.07, 6.45) is 9.36. The molecule has 0 rings (SSSR count). The van der Waals surface area contributed by atoms with Crippen LogP contribution >= 0.6 is 22.6 Å². The summed E-state index contributed by atoms with van der Waals surface area (Å²) < 4.78 is 13.9. The summed E-state index contributed by atoms with van der Waals surface area (Å²) in [6, 6.07) is 0. The van der Waals surface area contributed by atoms with Crippen LogP contribution in [0.5, 0.6) is 0 Å². The highest BCUT2D eigenvalue weighted by atomic mass is 127. The second kappa shape index (κ2) is 11.2. The van der Waals surface area contributed by atoms with E-state index in [0.29, 0.717) is 0 Å². The molecule has 0 unspecified atom stereocenters. The molecule has 0 bridgehead atoms. The lowest BCUT2D eigenvalue weighted by Crippen LogP contribution is -2.33. The van der Waals surface area contributed by atoms with E-state index in [4.69, 9.17) is 9.47 Å². The predicted molar refractivity (Wildman–Crippen MR) is 87.1 cm³/mol. The van der Waals surface area contributed by atoms with Gasteiger partial charge in [0.25, 0.3) is 0 Å². The number of hydrogen-bond acceptors (Lipinski definition) is 2. The molecule has 0 aliphatic rings. The van der Waals surface area contributed by atoms with Crippen LogP contribution in [0.15, 0.2) is 10.2 Å². The lowest BCUT2D eigenvalue weighted by molar-refractivity contribution is -0.229. The Labute approximate surface area is 127 Å². The molecule has 18 heavy (non-hydrogen) atoms. The van der Waals surface area contributed by atoms with Crippen molar-refractivity contribution in [3.63, 3.8) is 0 Å². The first kappa shape index (κ1) is 18.4. The molecule has 0 heterocycles. The fourth-order valence-corrected chi connectivity index (χ4v) is 2.20. The SMILES string of the molecule is CCCCC[C@H](/C=C\I)OC(C)(C)OCCCC. The van der Waals surface area contributed by atoms with E-state index in [1.165, 1.54) is 19.3 Å². The van der Waals surface area contributed by atoms with Crippen LogP contribution in [0.25, 0.3) is 0 Å².